The molecule has 10 nitrogen and oxygen atoms in total. The van der Waals surface area contributed by atoms with Crippen LogP contribution in [-0.4, -0.2) is 50.4 Å². The van der Waals surface area contributed by atoms with Crippen LogP contribution in [0.1, 0.15) is 61.3 Å². The van der Waals surface area contributed by atoms with Crippen molar-refractivity contribution >= 4 is 29.8 Å². The lowest BCUT2D eigenvalue weighted by Gasteiger charge is -2.28. The van der Waals surface area contributed by atoms with Gasteiger partial charge in [0.05, 0.1) is 0 Å². The number of nitrogens with two attached hydrogens (primary N) is 2. The van der Waals surface area contributed by atoms with Crippen LogP contribution < -0.4 is 11.5 Å². The van der Waals surface area contributed by atoms with Crippen molar-refractivity contribution in [1.29, 1.82) is 0 Å². The van der Waals surface area contributed by atoms with E-state index >= 15 is 0 Å². The summed E-state index contributed by atoms with van der Waals surface area (Å²) in [6.07, 6.45) is 0.519. The van der Waals surface area contributed by atoms with E-state index in [1.165, 1.54) is 6.42 Å². The van der Waals surface area contributed by atoms with Gasteiger partial charge >= 0.3 is 18.2 Å². The summed E-state index contributed by atoms with van der Waals surface area (Å²) in [6, 6.07) is 0. The number of unbranched alkanes of at least 4 members (excludes halogenated alkanes) is 1. The molecule has 0 heterocycles. The molecule has 0 saturated carbocycles. The highest BCUT2D eigenvalue weighted by Crippen LogP contribution is 2.18. The zero-order valence-corrected chi connectivity index (χ0v) is 19.4. The van der Waals surface area contributed by atoms with Gasteiger partial charge in [0, 0.05) is 12.0 Å². The number of imide groups is 1. The zero-order valence-electron chi connectivity index (χ0n) is 18.6. The van der Waals surface area contributed by atoms with Gasteiger partial charge in [0.15, 0.2) is 11.6 Å². The van der Waals surface area contributed by atoms with Gasteiger partial charge in [-0.1, -0.05) is 13.3 Å². The third-order valence-corrected chi connectivity index (χ3v) is 2.95. The summed E-state index contributed by atoms with van der Waals surface area (Å²) in [5.41, 5.74) is 8.09. The van der Waals surface area contributed by atoms with Gasteiger partial charge in [-0.25, -0.2) is 14.4 Å². The molecule has 0 aromatic carbocycles. The van der Waals surface area contributed by atoms with E-state index in [0.29, 0.717) is 6.08 Å². The molecule has 11 heteroatoms. The highest BCUT2D eigenvalue weighted by atomic mass is 35.5. The smallest absolute Gasteiger partial charge is 0.425 e. The summed E-state index contributed by atoms with van der Waals surface area (Å²) < 4.78 is 10.1. The second-order valence-electron chi connectivity index (χ2n) is 8.01. The van der Waals surface area contributed by atoms with E-state index in [0.717, 1.165) is 12.3 Å². The summed E-state index contributed by atoms with van der Waals surface area (Å²) in [5, 5.41) is 18.6. The number of amides is 2. The Balaban J connectivity index is 0. The Hall–Kier alpha value is -2.62. The normalized spacial score (nSPS) is 12.7. The first-order valence-electron chi connectivity index (χ1n) is 9.18. The molecule has 2 amide bonds. The number of rotatable bonds is 5. The minimum atomic E-state index is -1.53. The van der Waals surface area contributed by atoms with Crippen molar-refractivity contribution in [2.45, 2.75) is 72.5 Å². The lowest BCUT2D eigenvalue weighted by Crippen LogP contribution is -2.45. The number of carbonyl (C=O) groups excluding carboxylic acids is 2. The van der Waals surface area contributed by atoms with E-state index in [-0.39, 0.29) is 4.90 Å². The quantitative estimate of drug-likeness (QED) is 0.210. The number of carboxylic acids is 1. The molecule has 6 N–H and O–H groups in total. The van der Waals surface area contributed by atoms with Crippen LogP contribution in [0.25, 0.3) is 0 Å². The third kappa shape index (κ3) is 13.5. The average molecular weight is 452 g/mol. The number of ether oxygens (including phenoxy) is 2. The molecule has 0 aliphatic carbocycles. The Morgan fingerprint density at radius 3 is 1.60 bits per heavy atom. The molecule has 0 rings (SSSR count). The lowest BCUT2D eigenvalue weighted by molar-refractivity contribution is -0.132. The molecule has 0 bridgehead atoms. The third-order valence-electron chi connectivity index (χ3n) is 2.68. The van der Waals surface area contributed by atoms with Gasteiger partial charge in [-0.15, -0.1) is 11.6 Å². The fourth-order valence-corrected chi connectivity index (χ4v) is 1.68. The molecule has 0 unspecified atom stereocenters. The monoisotopic (exact) mass is 451 g/mol. The minimum absolute atomic E-state index is 0.247. The summed E-state index contributed by atoms with van der Waals surface area (Å²) in [4.78, 5) is 35.5. The number of carboxylic acid groups (broad SMARTS) is 1. The van der Waals surface area contributed by atoms with Crippen LogP contribution in [-0.2, 0) is 14.3 Å². The van der Waals surface area contributed by atoms with Crippen molar-refractivity contribution in [3.8, 4) is 0 Å². The lowest BCUT2D eigenvalue weighted by atomic mass is 10.2. The molecule has 30 heavy (non-hydrogen) atoms. The molecule has 0 atom stereocenters. The van der Waals surface area contributed by atoms with Crippen molar-refractivity contribution in [2.24, 2.45) is 11.5 Å². The first-order valence-corrected chi connectivity index (χ1v) is 9.71. The second kappa shape index (κ2) is 12.8. The highest BCUT2D eigenvalue weighted by Gasteiger charge is 2.34. The number of halogens is 1. The van der Waals surface area contributed by atoms with Gasteiger partial charge in [0.1, 0.15) is 16.9 Å². The van der Waals surface area contributed by atoms with Gasteiger partial charge in [0.25, 0.3) is 0 Å². The first kappa shape index (κ1) is 29.6. The first-order chi connectivity index (χ1) is 13.5. The number of aliphatic hydroxyl groups excluding tert-OH is 1. The number of hydrogen-bond donors (Lipinski definition) is 4. The summed E-state index contributed by atoms with van der Waals surface area (Å²) >= 11 is 5.30. The van der Waals surface area contributed by atoms with E-state index in [1.54, 1.807) is 41.5 Å². The van der Waals surface area contributed by atoms with Gasteiger partial charge in [0.2, 0.25) is 0 Å². The number of nitrogens with zero attached hydrogens (tertiary/aromatic N) is 1. The SMILES string of the molecule is CC(C)(C)OC(=O)N(C(=O)OC(C)(C)C)/C(N)=C(O)/C=C(\N)C(=O)O.CCCCCl. The fraction of sp³-hybridized carbons (Fsp3) is 0.632. The Morgan fingerprint density at radius 2 is 1.37 bits per heavy atom. The largest absolute Gasteiger partial charge is 0.504 e. The molecule has 0 radical (unpaired) electrons. The molecular weight excluding hydrogens is 418 g/mol. The molecular formula is C19H34ClN3O7. The van der Waals surface area contributed by atoms with Crippen molar-refractivity contribution in [2.75, 3.05) is 5.88 Å². The maximum absolute atomic E-state index is 12.3. The summed E-state index contributed by atoms with van der Waals surface area (Å²) in [5.74, 6) is -2.43. The maximum Gasteiger partial charge on any atom is 0.425 e. The molecule has 0 aliphatic rings. The number of alkyl halides is 1. The van der Waals surface area contributed by atoms with Gasteiger partial charge in [-0.2, -0.15) is 4.90 Å². The van der Waals surface area contributed by atoms with Gasteiger partial charge in [-0.05, 0) is 48.0 Å². The molecule has 0 saturated heterocycles. The highest BCUT2D eigenvalue weighted by molar-refractivity contribution is 6.17. The number of hydrogen-bond acceptors (Lipinski definition) is 8. The van der Waals surface area contributed by atoms with Crippen LogP contribution in [0, 0.1) is 0 Å². The van der Waals surface area contributed by atoms with Crippen molar-refractivity contribution in [3.05, 3.63) is 23.4 Å². The van der Waals surface area contributed by atoms with Crippen LogP contribution >= 0.6 is 11.6 Å². The van der Waals surface area contributed by atoms with E-state index in [1.807, 2.05) is 0 Å². The minimum Gasteiger partial charge on any atom is -0.504 e. The number of aliphatic carboxylic acids is 1. The molecule has 0 aliphatic heterocycles. The fourth-order valence-electron chi connectivity index (χ4n) is 1.42. The maximum atomic E-state index is 12.3. The van der Waals surface area contributed by atoms with Gasteiger partial charge < -0.3 is 31.2 Å². The van der Waals surface area contributed by atoms with Crippen LogP contribution in [0.15, 0.2) is 23.4 Å². The Morgan fingerprint density at radius 1 is 0.967 bits per heavy atom. The summed E-state index contributed by atoms with van der Waals surface area (Å²) in [6.45, 7) is 11.5. The zero-order chi connectivity index (χ0) is 24.3. The number of aliphatic hydroxyl groups is 1. The number of carbonyl (C=O) groups is 3. The van der Waals surface area contributed by atoms with Crippen LogP contribution in [0.3, 0.4) is 0 Å². The standard InChI is InChI=1S/C15H25N3O7.C4H9Cl/c1-14(2,3)24-12(22)18(13(23)25-15(4,5)6)10(17)9(19)7-8(16)11(20)21;1-2-3-4-5/h7,19H,16-17H2,1-6H3,(H,20,21);2-4H2,1H3/b8-7-,10-9-;. The average Bonchev–Trinajstić information content (AvgIpc) is 2.52. The topological polar surface area (TPSA) is 165 Å². The van der Waals surface area contributed by atoms with E-state index in [4.69, 9.17) is 37.6 Å². The molecule has 0 spiro atoms. The van der Waals surface area contributed by atoms with E-state index < -0.39 is 46.6 Å². The number of allylic oxidation sites excluding steroid dienone is 1. The Bertz CT molecular complexity index is 632. The molecule has 174 valence electrons. The van der Waals surface area contributed by atoms with Crippen LogP contribution in [0.4, 0.5) is 9.59 Å². The second-order valence-corrected chi connectivity index (χ2v) is 8.39. The van der Waals surface area contributed by atoms with Gasteiger partial charge in [-0.3, -0.25) is 0 Å². The van der Waals surface area contributed by atoms with Crippen molar-refractivity contribution in [1.82, 2.24) is 4.90 Å². The van der Waals surface area contributed by atoms with E-state index in [2.05, 4.69) is 6.92 Å². The Kier molecular flexibility index (Phi) is 12.7. The molecule has 0 aromatic heterocycles. The van der Waals surface area contributed by atoms with Crippen LogP contribution in [0.2, 0.25) is 0 Å². The van der Waals surface area contributed by atoms with Crippen LogP contribution in [0.5, 0.6) is 0 Å². The Labute approximate surface area is 182 Å². The summed E-state index contributed by atoms with van der Waals surface area (Å²) in [7, 11) is 0. The van der Waals surface area contributed by atoms with Crippen molar-refractivity contribution in [3.63, 3.8) is 0 Å². The predicted octanol–water partition coefficient (Wildman–Crippen LogP) is 3.80. The van der Waals surface area contributed by atoms with E-state index in [9.17, 15) is 19.5 Å². The van der Waals surface area contributed by atoms with Crippen molar-refractivity contribution < 1.29 is 34.1 Å². The predicted molar refractivity (Wildman–Crippen MR) is 114 cm³/mol. The molecule has 0 aromatic rings. The molecule has 0 fully saturated rings.